The molecule has 0 N–H and O–H groups in total. The molecule has 11 rings (SSSR count). The van der Waals surface area contributed by atoms with Gasteiger partial charge in [-0.15, -0.1) is 0 Å². The SMILES string of the molecule is c1ccc(-c2ccc3oc4ccc(N(c5ccc(-c6ccc([Si](c7ccccc7)(c7ccccc7)c7ccccc7)cc6)cc5)c5ccccc5-c5ccccc5)cc4c3c2)cc1. The molecule has 0 amide bonds. The maximum Gasteiger partial charge on any atom is 0.179 e. The lowest BCUT2D eigenvalue weighted by Gasteiger charge is -2.34. The Labute approximate surface area is 369 Å². The van der Waals surface area contributed by atoms with E-state index in [9.17, 15) is 0 Å². The minimum absolute atomic E-state index is 0.868. The molecule has 0 saturated carbocycles. The van der Waals surface area contributed by atoms with Crippen LogP contribution in [0.3, 0.4) is 0 Å². The van der Waals surface area contributed by atoms with Gasteiger partial charge in [-0.2, -0.15) is 0 Å². The Morgan fingerprint density at radius 1 is 0.286 bits per heavy atom. The summed E-state index contributed by atoms with van der Waals surface area (Å²) in [7, 11) is -2.62. The lowest BCUT2D eigenvalue weighted by Crippen LogP contribution is -2.74. The Morgan fingerprint density at radius 2 is 0.683 bits per heavy atom. The van der Waals surface area contributed by atoms with Crippen LogP contribution in [0.2, 0.25) is 0 Å². The van der Waals surface area contributed by atoms with Gasteiger partial charge in [-0.05, 0) is 97.1 Å². The predicted molar refractivity (Wildman–Crippen MR) is 268 cm³/mol. The van der Waals surface area contributed by atoms with Crippen molar-refractivity contribution in [2.24, 2.45) is 0 Å². The van der Waals surface area contributed by atoms with E-state index in [1.807, 2.05) is 0 Å². The highest BCUT2D eigenvalue weighted by Crippen LogP contribution is 2.43. The van der Waals surface area contributed by atoms with Gasteiger partial charge in [-0.25, -0.2) is 0 Å². The van der Waals surface area contributed by atoms with Crippen LogP contribution in [0.5, 0.6) is 0 Å². The fourth-order valence-corrected chi connectivity index (χ4v) is 14.2. The van der Waals surface area contributed by atoms with Crippen LogP contribution in [0.25, 0.3) is 55.3 Å². The van der Waals surface area contributed by atoms with Gasteiger partial charge in [0.15, 0.2) is 8.07 Å². The summed E-state index contributed by atoms with van der Waals surface area (Å²) in [4.78, 5) is 2.38. The average Bonchev–Trinajstić information content (AvgIpc) is 3.74. The second-order valence-electron chi connectivity index (χ2n) is 16.1. The Balaban J connectivity index is 1.02. The van der Waals surface area contributed by atoms with Gasteiger partial charge in [0.1, 0.15) is 11.2 Å². The molecule has 0 aliphatic rings. The van der Waals surface area contributed by atoms with Crippen LogP contribution >= 0.6 is 0 Å². The molecule has 0 radical (unpaired) electrons. The van der Waals surface area contributed by atoms with Gasteiger partial charge in [0.2, 0.25) is 0 Å². The summed E-state index contributed by atoms with van der Waals surface area (Å²) in [5, 5.41) is 7.64. The molecule has 0 aliphatic heterocycles. The third-order valence-corrected chi connectivity index (χ3v) is 17.2. The lowest BCUT2D eigenvalue weighted by molar-refractivity contribution is 0.669. The molecule has 11 aromatic rings. The van der Waals surface area contributed by atoms with E-state index in [0.717, 1.165) is 50.1 Å². The van der Waals surface area contributed by atoms with Crippen LogP contribution in [-0.4, -0.2) is 8.07 Å². The van der Waals surface area contributed by atoms with Crippen molar-refractivity contribution in [3.05, 3.63) is 261 Å². The fraction of sp³-hybridized carbons (Fsp3) is 0. The van der Waals surface area contributed by atoms with Gasteiger partial charge in [-0.1, -0.05) is 212 Å². The number of benzene rings is 10. The quantitative estimate of drug-likeness (QED) is 0.101. The molecule has 0 bridgehead atoms. The second-order valence-corrected chi connectivity index (χ2v) is 19.9. The zero-order chi connectivity index (χ0) is 42.0. The molecular weight excluding hydrogens is 779 g/mol. The van der Waals surface area contributed by atoms with Crippen LogP contribution in [0.1, 0.15) is 0 Å². The van der Waals surface area contributed by atoms with Crippen LogP contribution in [0.4, 0.5) is 17.1 Å². The van der Waals surface area contributed by atoms with Crippen LogP contribution in [-0.2, 0) is 0 Å². The number of fused-ring (bicyclic) bond motifs is 3. The molecule has 0 atom stereocenters. The number of hydrogen-bond acceptors (Lipinski definition) is 2. The summed E-state index contributed by atoms with van der Waals surface area (Å²) in [5.74, 6) is 0. The Hall–Kier alpha value is -7.98. The maximum absolute atomic E-state index is 6.44. The van der Waals surface area contributed by atoms with Gasteiger partial charge in [0.25, 0.3) is 0 Å². The van der Waals surface area contributed by atoms with E-state index in [-0.39, 0.29) is 0 Å². The lowest BCUT2D eigenvalue weighted by atomic mass is 10.0. The normalized spacial score (nSPS) is 11.5. The number of furan rings is 1. The first kappa shape index (κ1) is 38.0. The molecule has 1 heterocycles. The Bertz CT molecular complexity index is 3200. The standard InChI is InChI=1S/C60H43NOSi/c1-6-18-44(19-7-1)48-34-40-59-56(42-48)57-43-50(37-41-60(57)62-59)61(58-29-17-16-28-55(58)47-20-8-2-9-21-47)49-35-30-45(31-36-49)46-32-38-54(39-33-46)63(51-22-10-3-11-23-51,52-24-12-4-13-25-52)53-26-14-5-15-27-53/h1-43H. The largest absolute Gasteiger partial charge is 0.456 e. The average molecular weight is 822 g/mol. The molecule has 10 aromatic carbocycles. The highest BCUT2D eigenvalue weighted by molar-refractivity contribution is 7.19. The van der Waals surface area contributed by atoms with Crippen molar-refractivity contribution >= 4 is 67.8 Å². The predicted octanol–water partition coefficient (Wildman–Crippen LogP) is 13.4. The molecule has 1 aromatic heterocycles. The smallest absolute Gasteiger partial charge is 0.179 e. The summed E-state index contributed by atoms with van der Waals surface area (Å²) >= 11 is 0. The Morgan fingerprint density at radius 3 is 1.25 bits per heavy atom. The fourth-order valence-electron chi connectivity index (χ4n) is 9.45. The van der Waals surface area contributed by atoms with E-state index < -0.39 is 8.07 Å². The number of anilines is 3. The van der Waals surface area contributed by atoms with Crippen LogP contribution in [0, 0.1) is 0 Å². The summed E-state index contributed by atoms with van der Waals surface area (Å²) in [6.07, 6.45) is 0. The van der Waals surface area contributed by atoms with Crippen molar-refractivity contribution in [1.29, 1.82) is 0 Å². The van der Waals surface area contributed by atoms with Crippen molar-refractivity contribution in [3.8, 4) is 33.4 Å². The molecule has 0 spiro atoms. The summed E-state index contributed by atoms with van der Waals surface area (Å²) < 4.78 is 6.44. The maximum atomic E-state index is 6.44. The summed E-state index contributed by atoms with van der Waals surface area (Å²) in [6.45, 7) is 0. The topological polar surface area (TPSA) is 16.4 Å². The van der Waals surface area contributed by atoms with E-state index in [4.69, 9.17) is 4.42 Å². The minimum atomic E-state index is -2.62. The highest BCUT2D eigenvalue weighted by Gasteiger charge is 2.41. The molecule has 298 valence electrons. The monoisotopic (exact) mass is 821 g/mol. The van der Waals surface area contributed by atoms with E-state index in [2.05, 4.69) is 266 Å². The number of rotatable bonds is 10. The molecule has 63 heavy (non-hydrogen) atoms. The summed E-state index contributed by atoms with van der Waals surface area (Å²) in [5.41, 5.74) is 12.0. The van der Waals surface area contributed by atoms with Crippen molar-refractivity contribution in [3.63, 3.8) is 0 Å². The van der Waals surface area contributed by atoms with E-state index in [1.54, 1.807) is 0 Å². The number of nitrogens with zero attached hydrogens (tertiary/aromatic N) is 1. The first-order valence-corrected chi connectivity index (χ1v) is 23.6. The molecule has 3 heteroatoms. The van der Waals surface area contributed by atoms with Crippen molar-refractivity contribution < 1.29 is 4.42 Å². The summed E-state index contributed by atoms with van der Waals surface area (Å²) in [6, 6.07) is 94.7. The number of hydrogen-bond donors (Lipinski definition) is 0. The van der Waals surface area contributed by atoms with Gasteiger partial charge >= 0.3 is 0 Å². The zero-order valence-electron chi connectivity index (χ0n) is 34.7. The molecular formula is C60H43NOSi. The Kier molecular flexibility index (Phi) is 9.93. The second kappa shape index (κ2) is 16.5. The molecule has 2 nitrogen and oxygen atoms in total. The third-order valence-electron chi connectivity index (χ3n) is 12.4. The first-order valence-electron chi connectivity index (χ1n) is 21.6. The molecule has 0 fully saturated rings. The highest BCUT2D eigenvalue weighted by atomic mass is 28.3. The minimum Gasteiger partial charge on any atom is -0.456 e. The molecule has 0 saturated heterocycles. The van der Waals surface area contributed by atoms with Gasteiger partial charge < -0.3 is 9.32 Å². The molecule has 0 aliphatic carbocycles. The van der Waals surface area contributed by atoms with Gasteiger partial charge in [0, 0.05) is 27.7 Å². The van der Waals surface area contributed by atoms with E-state index in [1.165, 1.54) is 43.0 Å². The van der Waals surface area contributed by atoms with Crippen molar-refractivity contribution in [2.75, 3.05) is 4.90 Å². The van der Waals surface area contributed by atoms with Crippen LogP contribution in [0.15, 0.2) is 265 Å². The van der Waals surface area contributed by atoms with Crippen LogP contribution < -0.4 is 25.6 Å². The van der Waals surface area contributed by atoms with Crippen molar-refractivity contribution in [2.45, 2.75) is 0 Å². The number of para-hydroxylation sites is 1. The van der Waals surface area contributed by atoms with E-state index in [0.29, 0.717) is 0 Å². The first-order chi connectivity index (χ1) is 31.2. The zero-order valence-corrected chi connectivity index (χ0v) is 35.7. The third kappa shape index (κ3) is 6.95. The van der Waals surface area contributed by atoms with Gasteiger partial charge in [0.05, 0.1) is 5.69 Å². The van der Waals surface area contributed by atoms with E-state index >= 15 is 0 Å². The van der Waals surface area contributed by atoms with Crippen molar-refractivity contribution in [1.82, 2.24) is 0 Å². The molecule has 0 unspecified atom stereocenters. The van der Waals surface area contributed by atoms with Gasteiger partial charge in [-0.3, -0.25) is 0 Å².